The first-order valence-electron chi connectivity index (χ1n) is 11.3. The first-order chi connectivity index (χ1) is 18.9. The first-order valence-corrected chi connectivity index (χ1v) is 14.2. The second kappa shape index (κ2) is 10.1. The molecule has 0 saturated carbocycles. The third-order valence-corrected chi connectivity index (χ3v) is 7.75. The van der Waals surface area contributed by atoms with Crippen LogP contribution >= 0.6 is 0 Å². The largest absolute Gasteiger partial charge is 0.744 e. The molecule has 0 aromatic heterocycles. The van der Waals surface area contributed by atoms with Gasteiger partial charge >= 0.3 is 0 Å². The standard InChI is InChI=1S/C26H18N4O8S2/c31-22-12-9-21(29-27-19-10-13-23(39(33,34)35)17-7-3-1-5-15(17)19)26(32)25(22)30-28-20-11-14-24(40(36,37)38)18-8-4-2-6-16(18)20/h1-14,27-28H,(H,33,34,35)(H,36,37,38)/p-2. The van der Waals surface area contributed by atoms with Crippen molar-refractivity contribution in [3.05, 3.63) is 116 Å². The Morgan fingerprint density at radius 1 is 0.550 bits per heavy atom. The second-order valence-electron chi connectivity index (χ2n) is 8.43. The van der Waals surface area contributed by atoms with Crippen molar-refractivity contribution in [2.24, 2.45) is 10.2 Å². The molecule has 0 aliphatic heterocycles. The molecular weight excluding hydrogens is 560 g/mol. The van der Waals surface area contributed by atoms with E-state index in [0.717, 1.165) is 18.2 Å². The molecule has 5 rings (SSSR count). The normalized spacial score (nSPS) is 13.2. The number of nitrogens with one attached hydrogen (secondary N) is 2. The van der Waals surface area contributed by atoms with Gasteiger partial charge in [0.05, 0.1) is 21.2 Å². The van der Waals surface area contributed by atoms with E-state index in [4.69, 9.17) is 0 Å². The number of benzene rings is 5. The molecule has 12 nitrogen and oxygen atoms in total. The number of anilines is 2. The molecule has 40 heavy (non-hydrogen) atoms. The van der Waals surface area contributed by atoms with Crippen LogP contribution in [-0.4, -0.2) is 25.9 Å². The van der Waals surface area contributed by atoms with Gasteiger partial charge in [-0.15, -0.1) is 0 Å². The van der Waals surface area contributed by atoms with Gasteiger partial charge in [-0.2, -0.15) is 10.2 Å². The molecule has 5 aromatic rings. The molecule has 5 aromatic carbocycles. The fourth-order valence-corrected chi connectivity index (χ4v) is 5.51. The molecule has 2 N–H and O–H groups in total. The Hall–Kier alpha value is -4.76. The molecule has 0 unspecified atom stereocenters. The Morgan fingerprint density at radius 2 is 1.00 bits per heavy atom. The van der Waals surface area contributed by atoms with Crippen LogP contribution in [0.1, 0.15) is 0 Å². The highest BCUT2D eigenvalue weighted by atomic mass is 32.2. The molecular formula is C26H16N4O8S2-2. The fraction of sp³-hybridized carbons (Fsp3) is 0. The molecule has 0 aliphatic rings. The summed E-state index contributed by atoms with van der Waals surface area (Å²) in [5.41, 5.74) is 4.24. The summed E-state index contributed by atoms with van der Waals surface area (Å²) in [6.45, 7) is 0. The Labute approximate surface area is 225 Å². The zero-order chi connectivity index (χ0) is 28.7. The summed E-state index contributed by atoms with van der Waals surface area (Å²) < 4.78 is 69.7. The predicted octanol–water partition coefficient (Wildman–Crippen LogP) is 1.25. The summed E-state index contributed by atoms with van der Waals surface area (Å²) in [4.78, 5) is 24.6. The maximum absolute atomic E-state index is 13.0. The fourth-order valence-electron chi connectivity index (χ4n) is 4.15. The van der Waals surface area contributed by atoms with Gasteiger partial charge in [0.25, 0.3) is 0 Å². The monoisotopic (exact) mass is 576 g/mol. The van der Waals surface area contributed by atoms with E-state index in [0.29, 0.717) is 16.5 Å². The lowest BCUT2D eigenvalue weighted by atomic mass is 10.1. The molecule has 0 amide bonds. The van der Waals surface area contributed by atoms with Gasteiger partial charge in [0.1, 0.15) is 25.6 Å². The molecule has 0 spiro atoms. The summed E-state index contributed by atoms with van der Waals surface area (Å²) in [6.07, 6.45) is 0. The van der Waals surface area contributed by atoms with E-state index in [1.807, 2.05) is 0 Å². The van der Waals surface area contributed by atoms with Crippen molar-refractivity contribution in [2.45, 2.75) is 9.79 Å². The van der Waals surface area contributed by atoms with Crippen LogP contribution in [0.5, 0.6) is 0 Å². The van der Waals surface area contributed by atoms with Crippen molar-refractivity contribution in [1.82, 2.24) is 0 Å². The van der Waals surface area contributed by atoms with Gasteiger partial charge in [0.15, 0.2) is 5.36 Å². The van der Waals surface area contributed by atoms with Gasteiger partial charge in [-0.25, -0.2) is 16.8 Å². The van der Waals surface area contributed by atoms with Gasteiger partial charge in [-0.05, 0) is 36.4 Å². The van der Waals surface area contributed by atoms with Crippen LogP contribution in [0, 0.1) is 0 Å². The number of nitrogens with zero attached hydrogens (tertiary/aromatic N) is 2. The summed E-state index contributed by atoms with van der Waals surface area (Å²) >= 11 is 0. The summed E-state index contributed by atoms with van der Waals surface area (Å²) in [6, 6.07) is 19.5. The maximum atomic E-state index is 13.0. The van der Waals surface area contributed by atoms with Crippen molar-refractivity contribution in [3.63, 3.8) is 0 Å². The summed E-state index contributed by atoms with van der Waals surface area (Å²) in [5.74, 6) is 0. The van der Waals surface area contributed by atoms with Crippen LogP contribution in [0.4, 0.5) is 11.4 Å². The van der Waals surface area contributed by atoms with Crippen molar-refractivity contribution >= 4 is 53.2 Å². The average Bonchev–Trinajstić information content (AvgIpc) is 2.91. The molecule has 14 heteroatoms. The molecule has 0 atom stereocenters. The molecule has 202 valence electrons. The van der Waals surface area contributed by atoms with Crippen LogP contribution in [-0.2, 0) is 20.2 Å². The van der Waals surface area contributed by atoms with E-state index in [9.17, 15) is 35.5 Å². The molecule has 0 saturated heterocycles. The number of fused-ring (bicyclic) bond motifs is 2. The zero-order valence-corrected chi connectivity index (χ0v) is 21.7. The van der Waals surface area contributed by atoms with Gasteiger partial charge in [-0.1, -0.05) is 48.5 Å². The lowest BCUT2D eigenvalue weighted by Gasteiger charge is -2.13. The summed E-state index contributed by atoms with van der Waals surface area (Å²) in [5, 5.41) is 8.26. The molecule has 0 heterocycles. The first kappa shape index (κ1) is 26.8. The van der Waals surface area contributed by atoms with Crippen LogP contribution < -0.4 is 32.4 Å². The SMILES string of the molecule is O=c1ccc(=NNc2ccc(S(=O)(=O)[O-])c3ccccc23)c(=O)c1=NNc1ccc(S(=O)(=O)[O-])c2ccccc12. The Bertz CT molecular complexity index is 2280. The Morgan fingerprint density at radius 3 is 1.48 bits per heavy atom. The van der Waals surface area contributed by atoms with E-state index < -0.39 is 46.2 Å². The quantitative estimate of drug-likeness (QED) is 0.219. The maximum Gasteiger partial charge on any atom is 0.237 e. The van der Waals surface area contributed by atoms with E-state index in [2.05, 4.69) is 21.1 Å². The van der Waals surface area contributed by atoms with E-state index in [-0.39, 0.29) is 21.8 Å². The van der Waals surface area contributed by atoms with Gasteiger partial charge < -0.3 is 9.11 Å². The highest BCUT2D eigenvalue weighted by Crippen LogP contribution is 2.30. The van der Waals surface area contributed by atoms with Gasteiger partial charge in [0.2, 0.25) is 10.9 Å². The van der Waals surface area contributed by atoms with Gasteiger partial charge in [-0.3, -0.25) is 20.4 Å². The van der Waals surface area contributed by atoms with E-state index in [1.54, 1.807) is 36.4 Å². The lowest BCUT2D eigenvalue weighted by molar-refractivity contribution is 0.462. The Balaban J connectivity index is 1.56. The molecule has 0 fully saturated rings. The average molecular weight is 577 g/mol. The molecule has 0 radical (unpaired) electrons. The van der Waals surface area contributed by atoms with Crippen molar-refractivity contribution in [2.75, 3.05) is 10.9 Å². The van der Waals surface area contributed by atoms with E-state index in [1.165, 1.54) is 30.3 Å². The molecule has 0 aliphatic carbocycles. The van der Waals surface area contributed by atoms with Crippen molar-refractivity contribution in [3.8, 4) is 0 Å². The number of rotatable bonds is 6. The van der Waals surface area contributed by atoms with E-state index >= 15 is 0 Å². The smallest absolute Gasteiger partial charge is 0.237 e. The van der Waals surface area contributed by atoms with Gasteiger partial charge in [0, 0.05) is 21.5 Å². The van der Waals surface area contributed by atoms with Crippen LogP contribution in [0.2, 0.25) is 0 Å². The van der Waals surface area contributed by atoms with Crippen LogP contribution in [0.15, 0.2) is 115 Å². The minimum atomic E-state index is -4.76. The minimum Gasteiger partial charge on any atom is -0.744 e. The predicted molar refractivity (Wildman–Crippen MR) is 144 cm³/mol. The van der Waals surface area contributed by atoms with Crippen molar-refractivity contribution in [1.29, 1.82) is 0 Å². The highest BCUT2D eigenvalue weighted by Gasteiger charge is 2.12. The second-order valence-corrected chi connectivity index (χ2v) is 11.1. The Kier molecular flexibility index (Phi) is 6.77. The lowest BCUT2D eigenvalue weighted by Crippen LogP contribution is -2.47. The number of hydrogen-bond acceptors (Lipinski definition) is 12. The topological polar surface area (TPSA) is 197 Å². The van der Waals surface area contributed by atoms with Crippen LogP contribution in [0.3, 0.4) is 0 Å². The zero-order valence-electron chi connectivity index (χ0n) is 20.1. The summed E-state index contributed by atoms with van der Waals surface area (Å²) in [7, 11) is -9.50. The highest BCUT2D eigenvalue weighted by molar-refractivity contribution is 7.86. The van der Waals surface area contributed by atoms with Crippen LogP contribution in [0.25, 0.3) is 21.5 Å². The number of hydrogen-bond donors (Lipinski definition) is 2. The molecule has 0 bridgehead atoms. The third-order valence-electron chi connectivity index (χ3n) is 5.97. The van der Waals surface area contributed by atoms with Crippen molar-refractivity contribution < 1.29 is 25.9 Å². The minimum absolute atomic E-state index is 0.137. The third kappa shape index (κ3) is 5.11.